The SMILES string of the molecule is O=[SH](=O)C(O)C(O)CO. The highest BCUT2D eigenvalue weighted by Crippen LogP contribution is 1.90. The molecule has 0 saturated heterocycles. The van der Waals surface area contributed by atoms with Gasteiger partial charge >= 0.3 is 0 Å². The van der Waals surface area contributed by atoms with E-state index in [-0.39, 0.29) is 0 Å². The third kappa shape index (κ3) is 2.75. The Bertz CT molecular complexity index is 133. The van der Waals surface area contributed by atoms with Crippen molar-refractivity contribution in [1.82, 2.24) is 0 Å². The second kappa shape index (κ2) is 3.78. The van der Waals surface area contributed by atoms with Gasteiger partial charge in [-0.15, -0.1) is 0 Å². The highest BCUT2D eigenvalue weighted by molar-refractivity contribution is 7.73. The molecule has 3 N–H and O–H groups in total. The molecule has 0 spiro atoms. The molecule has 2 unspecified atom stereocenters. The summed E-state index contributed by atoms with van der Waals surface area (Å²) in [4.78, 5) is 0. The number of aliphatic hydroxyl groups is 3. The first-order chi connectivity index (χ1) is 4.09. The number of rotatable bonds is 3. The summed E-state index contributed by atoms with van der Waals surface area (Å²) < 4.78 is 19.6. The molecule has 56 valence electrons. The molecule has 0 heterocycles. The molecule has 0 bridgehead atoms. The molecule has 5 nitrogen and oxygen atoms in total. The Morgan fingerprint density at radius 3 is 1.89 bits per heavy atom. The normalized spacial score (nSPS) is 17.8. The summed E-state index contributed by atoms with van der Waals surface area (Å²) in [7, 11) is -3.06. The van der Waals surface area contributed by atoms with Crippen LogP contribution in [0, 0.1) is 0 Å². The van der Waals surface area contributed by atoms with Gasteiger partial charge in [-0.3, -0.25) is 0 Å². The molecule has 0 aliphatic carbocycles. The summed E-state index contributed by atoms with van der Waals surface area (Å²) in [6, 6.07) is 0. The van der Waals surface area contributed by atoms with Crippen molar-refractivity contribution in [2.24, 2.45) is 0 Å². The van der Waals surface area contributed by atoms with Crippen LogP contribution < -0.4 is 0 Å². The van der Waals surface area contributed by atoms with Gasteiger partial charge in [-0.25, -0.2) is 8.42 Å². The minimum atomic E-state index is -3.06. The summed E-state index contributed by atoms with van der Waals surface area (Å²) in [5.74, 6) is 0. The van der Waals surface area contributed by atoms with Crippen LogP contribution >= 0.6 is 0 Å². The smallest absolute Gasteiger partial charge is 0.180 e. The summed E-state index contributed by atoms with van der Waals surface area (Å²) in [6.07, 6.45) is -1.59. The predicted molar refractivity (Wildman–Crippen MR) is 29.4 cm³/mol. The maximum Gasteiger partial charge on any atom is 0.180 e. The molecule has 0 aromatic rings. The lowest BCUT2D eigenvalue weighted by atomic mass is 10.4. The van der Waals surface area contributed by atoms with E-state index in [9.17, 15) is 8.42 Å². The molecule has 0 aromatic heterocycles. The molecule has 9 heavy (non-hydrogen) atoms. The minimum absolute atomic E-state index is 0.759. The second-order valence-electron chi connectivity index (χ2n) is 1.45. The second-order valence-corrected chi connectivity index (χ2v) is 2.55. The van der Waals surface area contributed by atoms with Gasteiger partial charge in [-0.05, 0) is 0 Å². The minimum Gasteiger partial charge on any atom is -0.394 e. The average molecular weight is 156 g/mol. The first-order valence-corrected chi connectivity index (χ1v) is 3.44. The Morgan fingerprint density at radius 1 is 1.33 bits per heavy atom. The van der Waals surface area contributed by atoms with Crippen molar-refractivity contribution < 1.29 is 23.7 Å². The van der Waals surface area contributed by atoms with Crippen molar-refractivity contribution in [3.05, 3.63) is 0 Å². The number of hydrogen-bond donors (Lipinski definition) is 4. The van der Waals surface area contributed by atoms with Crippen LogP contribution in [-0.4, -0.2) is 41.9 Å². The van der Waals surface area contributed by atoms with Gasteiger partial charge in [0.2, 0.25) is 0 Å². The van der Waals surface area contributed by atoms with Crippen LogP contribution in [0.15, 0.2) is 0 Å². The quantitative estimate of drug-likeness (QED) is 0.333. The van der Waals surface area contributed by atoms with Crippen molar-refractivity contribution in [3.8, 4) is 0 Å². The van der Waals surface area contributed by atoms with Gasteiger partial charge in [-0.2, -0.15) is 0 Å². The van der Waals surface area contributed by atoms with Crippen LogP contribution in [-0.2, 0) is 10.7 Å². The predicted octanol–water partition coefficient (Wildman–Crippen LogP) is -2.73. The van der Waals surface area contributed by atoms with Gasteiger partial charge in [-0.1, -0.05) is 0 Å². The van der Waals surface area contributed by atoms with Gasteiger partial charge < -0.3 is 15.3 Å². The van der Waals surface area contributed by atoms with Crippen molar-refractivity contribution in [3.63, 3.8) is 0 Å². The Labute approximate surface area is 53.5 Å². The molecule has 0 rings (SSSR count). The summed E-state index contributed by atoms with van der Waals surface area (Å²) >= 11 is 0. The zero-order valence-corrected chi connectivity index (χ0v) is 5.36. The standard InChI is InChI=1S/C3H8O5S/c4-1-2(5)3(6)9(7)8/h2-6,9H,1H2. The fraction of sp³-hybridized carbons (Fsp3) is 1.00. The summed E-state index contributed by atoms with van der Waals surface area (Å²) in [5, 5.41) is 24.9. The Balaban J connectivity index is 3.87. The molecule has 2 atom stereocenters. The highest BCUT2D eigenvalue weighted by Gasteiger charge is 2.16. The van der Waals surface area contributed by atoms with Crippen molar-refractivity contribution in [1.29, 1.82) is 0 Å². The zero-order valence-electron chi connectivity index (χ0n) is 4.47. The Morgan fingerprint density at radius 2 is 1.78 bits per heavy atom. The maximum atomic E-state index is 9.82. The maximum absolute atomic E-state index is 9.82. The van der Waals surface area contributed by atoms with E-state index in [1.165, 1.54) is 0 Å². The van der Waals surface area contributed by atoms with Crippen LogP contribution in [0.2, 0.25) is 0 Å². The average Bonchev–Trinajstić information content (AvgIpc) is 1.84. The number of hydrogen-bond acceptors (Lipinski definition) is 5. The fourth-order valence-corrected chi connectivity index (χ4v) is 0.610. The molecule has 0 saturated carbocycles. The van der Waals surface area contributed by atoms with E-state index < -0.39 is 28.9 Å². The van der Waals surface area contributed by atoms with E-state index in [1.807, 2.05) is 0 Å². The molecule has 6 heteroatoms. The van der Waals surface area contributed by atoms with E-state index in [1.54, 1.807) is 0 Å². The van der Waals surface area contributed by atoms with Crippen LogP contribution in [0.5, 0.6) is 0 Å². The fourth-order valence-electron chi connectivity index (χ4n) is 0.235. The molecular formula is C3H8O5S. The summed E-state index contributed by atoms with van der Waals surface area (Å²) in [6.45, 7) is -0.759. The van der Waals surface area contributed by atoms with Crippen LogP contribution in [0.3, 0.4) is 0 Å². The number of aliphatic hydroxyl groups excluding tert-OH is 3. The van der Waals surface area contributed by atoms with Gasteiger partial charge in [0.1, 0.15) is 6.10 Å². The number of thiol groups is 1. The lowest BCUT2D eigenvalue weighted by Gasteiger charge is -2.07. The Kier molecular flexibility index (Phi) is 3.71. The van der Waals surface area contributed by atoms with Gasteiger partial charge in [0.15, 0.2) is 16.1 Å². The van der Waals surface area contributed by atoms with E-state index in [0.717, 1.165) is 0 Å². The van der Waals surface area contributed by atoms with E-state index in [4.69, 9.17) is 15.3 Å². The lowest BCUT2D eigenvalue weighted by Crippen LogP contribution is -2.30. The molecule has 0 amide bonds. The topological polar surface area (TPSA) is 94.8 Å². The van der Waals surface area contributed by atoms with E-state index in [0.29, 0.717) is 0 Å². The van der Waals surface area contributed by atoms with E-state index >= 15 is 0 Å². The van der Waals surface area contributed by atoms with Gasteiger partial charge in [0.25, 0.3) is 0 Å². The van der Waals surface area contributed by atoms with Crippen molar-refractivity contribution in [2.45, 2.75) is 11.5 Å². The lowest BCUT2D eigenvalue weighted by molar-refractivity contribution is 0.0256. The van der Waals surface area contributed by atoms with E-state index in [2.05, 4.69) is 0 Å². The van der Waals surface area contributed by atoms with Crippen LogP contribution in [0.1, 0.15) is 0 Å². The third-order valence-corrected chi connectivity index (χ3v) is 1.52. The third-order valence-electron chi connectivity index (χ3n) is 0.747. The molecule has 0 aliphatic heterocycles. The van der Waals surface area contributed by atoms with Crippen molar-refractivity contribution in [2.75, 3.05) is 6.61 Å². The van der Waals surface area contributed by atoms with Gasteiger partial charge in [0.05, 0.1) is 6.61 Å². The van der Waals surface area contributed by atoms with Crippen LogP contribution in [0.4, 0.5) is 0 Å². The molecule has 0 aliphatic rings. The molecule has 0 fully saturated rings. The Hall–Kier alpha value is -0.170. The van der Waals surface area contributed by atoms with Crippen molar-refractivity contribution >= 4 is 10.7 Å². The first kappa shape index (κ1) is 8.83. The molecular weight excluding hydrogens is 148 g/mol. The highest BCUT2D eigenvalue weighted by atomic mass is 32.2. The monoisotopic (exact) mass is 156 g/mol. The summed E-state index contributed by atoms with van der Waals surface area (Å²) in [5.41, 5.74) is -1.86. The molecule has 0 radical (unpaired) electrons. The molecule has 0 aromatic carbocycles. The largest absolute Gasteiger partial charge is 0.394 e. The van der Waals surface area contributed by atoms with Crippen LogP contribution in [0.25, 0.3) is 0 Å². The van der Waals surface area contributed by atoms with Gasteiger partial charge in [0, 0.05) is 0 Å². The zero-order chi connectivity index (χ0) is 7.44. The first-order valence-electron chi connectivity index (χ1n) is 2.20.